The minimum atomic E-state index is -0.0469. The van der Waals surface area contributed by atoms with Gasteiger partial charge in [0.15, 0.2) is 5.82 Å². The lowest BCUT2D eigenvalue weighted by atomic mass is 10.2. The monoisotopic (exact) mass is 518 g/mol. The first-order chi connectivity index (χ1) is 17.9. The van der Waals surface area contributed by atoms with Gasteiger partial charge in [-0.15, -0.1) is 0 Å². The molecule has 5 rings (SSSR count). The number of anilines is 3. The van der Waals surface area contributed by atoms with Gasteiger partial charge in [-0.2, -0.15) is 5.10 Å². The minimum absolute atomic E-state index is 0.0469. The second kappa shape index (κ2) is 10.4. The summed E-state index contributed by atoms with van der Waals surface area (Å²) in [5, 5.41) is 7.92. The second-order valence-corrected chi connectivity index (χ2v) is 9.21. The summed E-state index contributed by atoms with van der Waals surface area (Å²) < 4.78 is 7.62. The van der Waals surface area contributed by atoms with Crippen molar-refractivity contribution in [3.8, 4) is 5.75 Å². The number of hydrogen-bond acceptors (Lipinski definition) is 8. The number of pyridine rings is 1. The Kier molecular flexibility index (Phi) is 6.91. The van der Waals surface area contributed by atoms with Crippen LogP contribution >= 0.6 is 11.6 Å². The molecule has 1 atom stereocenters. The summed E-state index contributed by atoms with van der Waals surface area (Å²) in [5.41, 5.74) is 3.03. The molecule has 1 aliphatic heterocycles. The van der Waals surface area contributed by atoms with Crippen molar-refractivity contribution >= 4 is 45.9 Å². The zero-order chi connectivity index (χ0) is 25.9. The first kappa shape index (κ1) is 24.5. The number of amides is 1. The average Bonchev–Trinajstić information content (AvgIpc) is 3.57. The Balaban J connectivity index is 1.33. The standard InChI is InChI=1S/C26H27ClN8O2/c1-4-24(36)35-12-10-18(14-35)33(2)23-8-6-21-25(32-23)26(29-16-28-21)31-17-5-7-22(20(27)13-17)37-15-19-9-11-30-34(19)3/h4-9,11,13,16,18H,1,10,12,14-15H2,2-3H3,(H,28,29,31). The van der Waals surface area contributed by atoms with E-state index in [-0.39, 0.29) is 11.9 Å². The van der Waals surface area contributed by atoms with Gasteiger partial charge in [0.05, 0.1) is 16.2 Å². The van der Waals surface area contributed by atoms with Crippen LogP contribution in [0.25, 0.3) is 11.0 Å². The maximum absolute atomic E-state index is 12.0. The van der Waals surface area contributed by atoms with Crippen LogP contribution in [-0.4, -0.2) is 61.7 Å². The first-order valence-electron chi connectivity index (χ1n) is 11.8. The Morgan fingerprint density at radius 1 is 1.30 bits per heavy atom. The van der Waals surface area contributed by atoms with Crippen LogP contribution in [0.15, 0.2) is 61.6 Å². The summed E-state index contributed by atoms with van der Waals surface area (Å²) in [7, 11) is 3.85. The van der Waals surface area contributed by atoms with Gasteiger partial charge in [-0.3, -0.25) is 9.48 Å². The van der Waals surface area contributed by atoms with Gasteiger partial charge in [0.2, 0.25) is 5.91 Å². The highest BCUT2D eigenvalue weighted by Crippen LogP contribution is 2.31. The molecule has 1 aliphatic rings. The average molecular weight is 519 g/mol. The molecule has 1 aromatic carbocycles. The van der Waals surface area contributed by atoms with E-state index in [1.165, 1.54) is 12.4 Å². The van der Waals surface area contributed by atoms with Crippen molar-refractivity contribution in [1.29, 1.82) is 0 Å². The van der Waals surface area contributed by atoms with Gasteiger partial charge in [-0.25, -0.2) is 15.0 Å². The van der Waals surface area contributed by atoms with Crippen molar-refractivity contribution in [2.24, 2.45) is 7.05 Å². The number of rotatable bonds is 8. The van der Waals surface area contributed by atoms with Crippen LogP contribution in [-0.2, 0) is 18.4 Å². The maximum Gasteiger partial charge on any atom is 0.246 e. The number of ether oxygens (including phenoxy) is 1. The van der Waals surface area contributed by atoms with E-state index >= 15 is 0 Å². The van der Waals surface area contributed by atoms with Gasteiger partial charge >= 0.3 is 0 Å². The molecule has 1 unspecified atom stereocenters. The second-order valence-electron chi connectivity index (χ2n) is 8.81. The quantitative estimate of drug-likeness (QED) is 0.350. The van der Waals surface area contributed by atoms with E-state index in [0.29, 0.717) is 47.3 Å². The number of aryl methyl sites for hydroxylation is 1. The van der Waals surface area contributed by atoms with Crippen molar-refractivity contribution in [2.75, 3.05) is 30.4 Å². The highest BCUT2D eigenvalue weighted by Gasteiger charge is 2.28. The van der Waals surface area contributed by atoms with Crippen LogP contribution in [0.5, 0.6) is 5.75 Å². The zero-order valence-electron chi connectivity index (χ0n) is 20.6. The molecule has 1 amide bonds. The van der Waals surface area contributed by atoms with Crippen molar-refractivity contribution in [3.05, 3.63) is 72.3 Å². The Morgan fingerprint density at radius 2 is 2.16 bits per heavy atom. The van der Waals surface area contributed by atoms with Crippen LogP contribution < -0.4 is 15.0 Å². The largest absolute Gasteiger partial charge is 0.486 e. The lowest BCUT2D eigenvalue weighted by molar-refractivity contribution is -0.125. The summed E-state index contributed by atoms with van der Waals surface area (Å²) in [6, 6.07) is 11.4. The molecule has 3 aromatic heterocycles. The number of likely N-dealkylation sites (tertiary alicyclic amines) is 1. The molecule has 1 saturated heterocycles. The van der Waals surface area contributed by atoms with E-state index in [0.717, 1.165) is 23.6 Å². The number of halogens is 1. The summed E-state index contributed by atoms with van der Waals surface area (Å²) in [5.74, 6) is 1.87. The topological polar surface area (TPSA) is 101 Å². The smallest absolute Gasteiger partial charge is 0.246 e. The molecule has 1 fully saturated rings. The molecule has 10 nitrogen and oxygen atoms in total. The fourth-order valence-electron chi connectivity index (χ4n) is 4.32. The predicted molar refractivity (Wildman–Crippen MR) is 143 cm³/mol. The third-order valence-corrected chi connectivity index (χ3v) is 6.81. The Bertz CT molecular complexity index is 1460. The Labute approximate surface area is 219 Å². The van der Waals surface area contributed by atoms with Crippen molar-refractivity contribution in [3.63, 3.8) is 0 Å². The molecule has 0 saturated carbocycles. The number of fused-ring (bicyclic) bond motifs is 1. The number of benzene rings is 1. The number of carbonyl (C=O) groups excluding carboxylic acids is 1. The zero-order valence-corrected chi connectivity index (χ0v) is 21.4. The van der Waals surface area contributed by atoms with Crippen LogP contribution in [0.4, 0.5) is 17.3 Å². The maximum atomic E-state index is 12.0. The number of nitrogens with zero attached hydrogens (tertiary/aromatic N) is 7. The molecule has 0 bridgehead atoms. The Morgan fingerprint density at radius 3 is 2.92 bits per heavy atom. The highest BCUT2D eigenvalue weighted by atomic mass is 35.5. The van der Waals surface area contributed by atoms with Gasteiger partial charge in [-0.05, 0) is 48.9 Å². The normalized spacial score (nSPS) is 15.1. The van der Waals surface area contributed by atoms with Crippen molar-refractivity contribution in [2.45, 2.75) is 19.1 Å². The van der Waals surface area contributed by atoms with Crippen LogP contribution in [0.1, 0.15) is 12.1 Å². The summed E-state index contributed by atoms with van der Waals surface area (Å²) in [6.45, 7) is 5.28. The van der Waals surface area contributed by atoms with Crippen LogP contribution in [0.3, 0.4) is 0 Å². The molecule has 0 spiro atoms. The van der Waals surface area contributed by atoms with Crippen molar-refractivity contribution in [1.82, 2.24) is 29.6 Å². The summed E-state index contributed by atoms with van der Waals surface area (Å²) >= 11 is 6.50. The fourth-order valence-corrected chi connectivity index (χ4v) is 4.55. The Hall–Kier alpha value is -4.18. The number of aromatic nitrogens is 5. The molecule has 4 aromatic rings. The third kappa shape index (κ3) is 5.19. The van der Waals surface area contributed by atoms with E-state index in [9.17, 15) is 4.79 Å². The highest BCUT2D eigenvalue weighted by molar-refractivity contribution is 6.32. The number of likely N-dealkylation sites (N-methyl/N-ethyl adjacent to an activating group) is 1. The van der Waals surface area contributed by atoms with E-state index in [4.69, 9.17) is 21.3 Å². The SMILES string of the molecule is C=CC(=O)N1CCC(N(C)c2ccc3ncnc(Nc4ccc(OCc5ccnn5C)c(Cl)c4)c3n2)C1. The summed E-state index contributed by atoms with van der Waals surface area (Å²) in [4.78, 5) is 29.5. The molecule has 0 aliphatic carbocycles. The molecule has 11 heteroatoms. The lowest BCUT2D eigenvalue weighted by Crippen LogP contribution is -2.36. The van der Waals surface area contributed by atoms with Crippen LogP contribution in [0.2, 0.25) is 5.02 Å². The number of carbonyl (C=O) groups is 1. The van der Waals surface area contributed by atoms with Gasteiger partial charge < -0.3 is 19.9 Å². The van der Waals surface area contributed by atoms with Gasteiger partial charge in [0.25, 0.3) is 0 Å². The van der Waals surface area contributed by atoms with E-state index in [1.807, 2.05) is 44.4 Å². The number of hydrogen-bond donors (Lipinski definition) is 1. The molecular formula is C26H27ClN8O2. The van der Waals surface area contributed by atoms with Gasteiger partial charge in [0, 0.05) is 45.1 Å². The molecule has 0 radical (unpaired) electrons. The van der Waals surface area contributed by atoms with E-state index < -0.39 is 0 Å². The molecule has 37 heavy (non-hydrogen) atoms. The lowest BCUT2D eigenvalue weighted by Gasteiger charge is -2.26. The predicted octanol–water partition coefficient (Wildman–Crippen LogP) is 3.96. The van der Waals surface area contributed by atoms with E-state index in [2.05, 4.69) is 31.9 Å². The van der Waals surface area contributed by atoms with E-state index in [1.54, 1.807) is 21.8 Å². The van der Waals surface area contributed by atoms with Gasteiger partial charge in [0.1, 0.15) is 30.0 Å². The van der Waals surface area contributed by atoms with Gasteiger partial charge in [-0.1, -0.05) is 18.2 Å². The van der Waals surface area contributed by atoms with Crippen LogP contribution in [0, 0.1) is 0 Å². The fraction of sp³-hybridized carbons (Fsp3) is 0.269. The number of nitrogens with one attached hydrogen (secondary N) is 1. The molecule has 1 N–H and O–H groups in total. The first-order valence-corrected chi connectivity index (χ1v) is 12.2. The summed E-state index contributed by atoms with van der Waals surface area (Å²) in [6.07, 6.45) is 5.44. The molecule has 4 heterocycles. The van der Waals surface area contributed by atoms with Crippen molar-refractivity contribution < 1.29 is 9.53 Å². The minimum Gasteiger partial charge on any atom is -0.486 e. The molecule has 190 valence electrons. The third-order valence-electron chi connectivity index (χ3n) is 6.52. The molecular weight excluding hydrogens is 492 g/mol.